The third-order valence-electron chi connectivity index (χ3n) is 8.32. The van der Waals surface area contributed by atoms with Crippen molar-refractivity contribution in [1.82, 2.24) is 9.97 Å². The van der Waals surface area contributed by atoms with Gasteiger partial charge in [0.15, 0.2) is 0 Å². The summed E-state index contributed by atoms with van der Waals surface area (Å²) in [5, 5.41) is 0. The molecule has 2 aliphatic carbocycles. The molecule has 5 aromatic rings. The first-order valence-electron chi connectivity index (χ1n) is 14.0. The first-order valence-corrected chi connectivity index (χ1v) is 14.0. The lowest BCUT2D eigenvalue weighted by molar-refractivity contribution is -0.144. The van der Waals surface area contributed by atoms with Gasteiger partial charge in [-0.05, 0) is 69.8 Å². The molecule has 0 bridgehead atoms. The summed E-state index contributed by atoms with van der Waals surface area (Å²) in [6.07, 6.45) is -19.7. The van der Waals surface area contributed by atoms with E-state index in [2.05, 4.69) is 0 Å². The summed E-state index contributed by atoms with van der Waals surface area (Å²) in [4.78, 5) is 9.45. The van der Waals surface area contributed by atoms with Crippen LogP contribution in [0.4, 0.5) is 52.7 Å². The second kappa shape index (κ2) is 10.3. The van der Waals surface area contributed by atoms with Crippen molar-refractivity contribution in [2.24, 2.45) is 0 Å². The van der Waals surface area contributed by atoms with Crippen molar-refractivity contribution in [3.05, 3.63) is 118 Å². The van der Waals surface area contributed by atoms with Gasteiger partial charge in [-0.25, -0.2) is 9.97 Å². The Morgan fingerprint density at radius 1 is 0.375 bits per heavy atom. The standard InChI is InChI=1S/C34H16F12N2/c35-31(36,37)21-7-17(8-22(13-21)32(38,39)40)15-1-3-25-19(5-15)11-27-29(25)47-28-12-20-6-16(2-4-26(20)30(28)48-27)18-9-23(33(41,42)43)14-24(10-18)34(44,45)46/h1-10,13-14H,11-12H2. The number of rotatable bonds is 2. The minimum atomic E-state index is -5.01. The number of benzene rings is 4. The van der Waals surface area contributed by atoms with Crippen molar-refractivity contribution in [2.45, 2.75) is 37.5 Å². The van der Waals surface area contributed by atoms with Crippen molar-refractivity contribution in [2.75, 3.05) is 0 Å². The Morgan fingerprint density at radius 3 is 0.979 bits per heavy atom. The summed E-state index contributed by atoms with van der Waals surface area (Å²) in [5.41, 5.74) is -1.83. The Kier molecular flexibility index (Phi) is 6.81. The molecule has 1 heterocycles. The molecule has 0 saturated carbocycles. The van der Waals surface area contributed by atoms with Gasteiger partial charge in [0.1, 0.15) is 0 Å². The van der Waals surface area contributed by atoms with Gasteiger partial charge in [0, 0.05) is 24.0 Å². The van der Waals surface area contributed by atoms with Crippen LogP contribution in [0.1, 0.15) is 44.8 Å². The van der Waals surface area contributed by atoms with Crippen LogP contribution in [0.15, 0.2) is 72.8 Å². The topological polar surface area (TPSA) is 25.8 Å². The third kappa shape index (κ3) is 5.56. The number of halogens is 12. The molecule has 0 spiro atoms. The molecule has 0 amide bonds. The molecule has 0 saturated heterocycles. The van der Waals surface area contributed by atoms with Gasteiger partial charge in [-0.2, -0.15) is 52.7 Å². The first-order chi connectivity index (χ1) is 22.3. The lowest BCUT2D eigenvalue weighted by Gasteiger charge is -2.15. The molecule has 2 aliphatic rings. The maximum Gasteiger partial charge on any atom is 0.416 e. The average molecular weight is 680 g/mol. The van der Waals surface area contributed by atoms with E-state index in [4.69, 9.17) is 9.97 Å². The van der Waals surface area contributed by atoms with E-state index in [0.29, 0.717) is 69.3 Å². The second-order valence-electron chi connectivity index (χ2n) is 11.5. The molecule has 246 valence electrons. The highest BCUT2D eigenvalue weighted by Gasteiger charge is 2.39. The Hall–Kier alpha value is -4.88. The van der Waals surface area contributed by atoms with Crippen LogP contribution in [0, 0.1) is 0 Å². The van der Waals surface area contributed by atoms with Crippen LogP contribution < -0.4 is 0 Å². The Morgan fingerprint density at radius 2 is 0.688 bits per heavy atom. The highest BCUT2D eigenvalue weighted by atomic mass is 19.4. The van der Waals surface area contributed by atoms with Crippen molar-refractivity contribution < 1.29 is 52.7 Å². The van der Waals surface area contributed by atoms with Crippen molar-refractivity contribution >= 4 is 0 Å². The minimum Gasteiger partial charge on any atom is -0.248 e. The summed E-state index contributed by atoms with van der Waals surface area (Å²) in [5.74, 6) is 0. The van der Waals surface area contributed by atoms with Gasteiger partial charge < -0.3 is 0 Å². The van der Waals surface area contributed by atoms with Crippen LogP contribution in [-0.4, -0.2) is 9.97 Å². The van der Waals surface area contributed by atoms with E-state index in [1.807, 2.05) is 0 Å². The fourth-order valence-corrected chi connectivity index (χ4v) is 6.09. The number of hydrogen-bond donors (Lipinski definition) is 0. The van der Waals surface area contributed by atoms with Crippen molar-refractivity contribution in [3.63, 3.8) is 0 Å². The number of hydrogen-bond acceptors (Lipinski definition) is 2. The van der Waals surface area contributed by atoms with Crippen LogP contribution >= 0.6 is 0 Å². The summed E-state index contributed by atoms with van der Waals surface area (Å²) >= 11 is 0. The lowest BCUT2D eigenvalue weighted by Crippen LogP contribution is -2.11. The van der Waals surface area contributed by atoms with Gasteiger partial charge in [0.25, 0.3) is 0 Å². The molecule has 0 atom stereocenters. The van der Waals surface area contributed by atoms with Crippen LogP contribution in [0.2, 0.25) is 0 Å². The maximum atomic E-state index is 13.4. The molecule has 7 rings (SSSR count). The molecule has 0 radical (unpaired) electrons. The molecule has 0 fully saturated rings. The lowest BCUT2D eigenvalue weighted by atomic mass is 9.96. The number of aromatic nitrogens is 2. The van der Waals surface area contributed by atoms with E-state index in [0.717, 1.165) is 0 Å². The molecular formula is C34H16F12N2. The normalized spacial score (nSPS) is 14.1. The monoisotopic (exact) mass is 680 g/mol. The Bertz CT molecular complexity index is 1920. The van der Waals surface area contributed by atoms with Gasteiger partial charge in [-0.15, -0.1) is 0 Å². The van der Waals surface area contributed by atoms with E-state index < -0.39 is 47.0 Å². The SMILES string of the molecule is FC(F)(F)c1cc(-c2ccc3c(c2)Cc2nc4c(nc2-3)Cc2cc(-c3cc(C(F)(F)F)cc(C(F)(F)F)c3)ccc2-4)cc(C(F)(F)F)c1. The van der Waals surface area contributed by atoms with E-state index in [9.17, 15) is 52.7 Å². The Labute approximate surface area is 262 Å². The highest BCUT2D eigenvalue weighted by molar-refractivity contribution is 5.82. The third-order valence-corrected chi connectivity index (χ3v) is 8.32. The van der Waals surface area contributed by atoms with Gasteiger partial charge in [-0.3, -0.25) is 0 Å². The van der Waals surface area contributed by atoms with E-state index in [-0.39, 0.29) is 47.2 Å². The van der Waals surface area contributed by atoms with E-state index in [1.54, 1.807) is 0 Å². The van der Waals surface area contributed by atoms with E-state index >= 15 is 0 Å². The highest BCUT2D eigenvalue weighted by Crippen LogP contribution is 2.45. The molecule has 0 aliphatic heterocycles. The Balaban J connectivity index is 1.22. The molecule has 2 nitrogen and oxygen atoms in total. The number of fused-ring (bicyclic) bond motifs is 6. The number of nitrogens with zero attached hydrogens (tertiary/aromatic N) is 2. The van der Waals surface area contributed by atoms with Crippen molar-refractivity contribution in [3.8, 4) is 44.8 Å². The van der Waals surface area contributed by atoms with Gasteiger partial charge in [-0.1, -0.05) is 36.4 Å². The van der Waals surface area contributed by atoms with Crippen molar-refractivity contribution in [1.29, 1.82) is 0 Å². The van der Waals surface area contributed by atoms with Crippen LogP contribution in [0.3, 0.4) is 0 Å². The second-order valence-corrected chi connectivity index (χ2v) is 11.5. The molecule has 48 heavy (non-hydrogen) atoms. The fourth-order valence-electron chi connectivity index (χ4n) is 6.09. The number of alkyl halides is 12. The largest absolute Gasteiger partial charge is 0.416 e. The molecule has 0 unspecified atom stereocenters. The fraction of sp³-hybridized carbons (Fsp3) is 0.176. The summed E-state index contributed by atoms with van der Waals surface area (Å²) in [6.45, 7) is 0. The van der Waals surface area contributed by atoms with Gasteiger partial charge >= 0.3 is 24.7 Å². The quantitative estimate of drug-likeness (QED) is 0.170. The molecule has 14 heteroatoms. The summed E-state index contributed by atoms with van der Waals surface area (Å²) in [6, 6.07) is 11.6. The summed E-state index contributed by atoms with van der Waals surface area (Å²) in [7, 11) is 0. The van der Waals surface area contributed by atoms with E-state index in [1.165, 1.54) is 36.4 Å². The smallest absolute Gasteiger partial charge is 0.248 e. The zero-order valence-electron chi connectivity index (χ0n) is 23.8. The zero-order chi connectivity index (χ0) is 34.6. The van der Waals surface area contributed by atoms with Crippen LogP contribution in [0.25, 0.3) is 44.8 Å². The maximum absolute atomic E-state index is 13.4. The molecular weight excluding hydrogens is 664 g/mol. The summed E-state index contributed by atoms with van der Waals surface area (Å²) < 4.78 is 161. The van der Waals surface area contributed by atoms with Gasteiger partial charge in [0.2, 0.25) is 0 Å². The average Bonchev–Trinajstić information content (AvgIpc) is 3.53. The van der Waals surface area contributed by atoms with Crippen LogP contribution in [0.5, 0.6) is 0 Å². The van der Waals surface area contributed by atoms with Gasteiger partial charge in [0.05, 0.1) is 45.0 Å². The van der Waals surface area contributed by atoms with Crippen LogP contribution in [-0.2, 0) is 37.5 Å². The zero-order valence-corrected chi connectivity index (χ0v) is 23.8. The molecule has 4 aromatic carbocycles. The first kappa shape index (κ1) is 31.7. The molecule has 1 aromatic heterocycles. The molecule has 0 N–H and O–H groups in total. The predicted molar refractivity (Wildman–Crippen MR) is 149 cm³/mol. The minimum absolute atomic E-state index is 0.0578. The predicted octanol–water partition coefficient (Wildman–Crippen LogP) is 11.0.